The molecule has 1 saturated heterocycles. The van der Waals surface area contributed by atoms with E-state index in [0.717, 1.165) is 132 Å². The molecule has 8 rings (SSSR count). The van der Waals surface area contributed by atoms with E-state index in [1.807, 2.05) is 93.9 Å². The van der Waals surface area contributed by atoms with Crippen LogP contribution in [0.25, 0.3) is 26.8 Å². The summed E-state index contributed by atoms with van der Waals surface area (Å²) in [5.41, 5.74) is 9.36. The lowest BCUT2D eigenvalue weighted by Gasteiger charge is -2.35. The molecule has 1 aliphatic carbocycles. The molecular weight excluding hydrogens is 1130 g/mol. The number of benzene rings is 3. The van der Waals surface area contributed by atoms with Gasteiger partial charge >= 0.3 is 5.97 Å². The number of carboxylic acid groups (broad SMARTS) is 1. The minimum absolute atomic E-state index is 0.0199. The topological polar surface area (TPSA) is 243 Å². The number of β-amino-alcohol motifs (C(OH)–C–C–N with tert-alkyl or cyclic N) is 1. The van der Waals surface area contributed by atoms with E-state index in [9.17, 15) is 42.6 Å². The van der Waals surface area contributed by atoms with Crippen LogP contribution < -0.4 is 16.0 Å². The van der Waals surface area contributed by atoms with Crippen molar-refractivity contribution in [2.24, 2.45) is 11.3 Å². The molecule has 452 valence electrons. The Morgan fingerprint density at radius 3 is 2.14 bits per heavy atom. The number of nitrogens with zero attached hydrogens (tertiary/aromatic N) is 5. The second kappa shape index (κ2) is 29.8. The van der Waals surface area contributed by atoms with Crippen LogP contribution in [0, 0.1) is 30.1 Å². The van der Waals surface area contributed by atoms with Gasteiger partial charge in [-0.05, 0) is 104 Å². The van der Waals surface area contributed by atoms with Crippen molar-refractivity contribution in [3.63, 3.8) is 0 Å². The van der Waals surface area contributed by atoms with Crippen LogP contribution in [0.15, 0.2) is 88.6 Å². The highest BCUT2D eigenvalue weighted by Gasteiger charge is 2.44. The van der Waals surface area contributed by atoms with Gasteiger partial charge < -0.3 is 31.1 Å². The molecule has 0 unspecified atom stereocenters. The number of carboxylic acids is 1. The molecule has 1 aliphatic heterocycles. The number of aromatic nitrogens is 4. The van der Waals surface area contributed by atoms with Gasteiger partial charge in [0.25, 0.3) is 0 Å². The summed E-state index contributed by atoms with van der Waals surface area (Å²) in [6, 6.07) is 21.0. The molecule has 0 radical (unpaired) electrons. The van der Waals surface area contributed by atoms with E-state index in [1.165, 1.54) is 27.9 Å². The Balaban J connectivity index is 0.702. The smallest absolute Gasteiger partial charge is 0.355 e. The number of sulfone groups is 1. The minimum atomic E-state index is -3.37. The van der Waals surface area contributed by atoms with Gasteiger partial charge in [-0.3, -0.25) is 19.2 Å². The number of aromatic carboxylic acids is 1. The summed E-state index contributed by atoms with van der Waals surface area (Å²) in [5.74, 6) is 5.11. The van der Waals surface area contributed by atoms with E-state index in [-0.39, 0.29) is 60.1 Å². The van der Waals surface area contributed by atoms with Crippen LogP contribution in [-0.4, -0.2) is 110 Å². The van der Waals surface area contributed by atoms with Gasteiger partial charge in [0.05, 0.1) is 38.5 Å². The number of likely N-dealkylation sites (tertiary alicyclic amines) is 1. The fraction of sp³-hybridized carbons (Fsp3) is 0.477. The zero-order valence-corrected chi connectivity index (χ0v) is 51.9. The summed E-state index contributed by atoms with van der Waals surface area (Å²) in [6.07, 6.45) is 14.5. The quantitative estimate of drug-likeness (QED) is 0.0218. The first kappa shape index (κ1) is 64.0. The number of aryl methyl sites for hydroxylation is 1. The van der Waals surface area contributed by atoms with Gasteiger partial charge in [-0.2, -0.15) is 5.10 Å². The van der Waals surface area contributed by atoms with Crippen molar-refractivity contribution in [3.05, 3.63) is 123 Å². The molecular formula is C65H80N8O9S3. The number of aliphatic hydroxyl groups is 1. The molecule has 0 bridgehead atoms. The summed E-state index contributed by atoms with van der Waals surface area (Å²) in [5, 5.41) is 36.3. The molecule has 85 heavy (non-hydrogen) atoms. The van der Waals surface area contributed by atoms with Crippen LogP contribution >= 0.6 is 22.7 Å². The lowest BCUT2D eigenvalue weighted by molar-refractivity contribution is -0.144. The van der Waals surface area contributed by atoms with Crippen LogP contribution in [0.5, 0.6) is 0 Å². The number of rotatable bonds is 29. The van der Waals surface area contributed by atoms with Gasteiger partial charge in [0.15, 0.2) is 15.5 Å². The summed E-state index contributed by atoms with van der Waals surface area (Å²) < 4.78 is 26.2. The SMILES string of the molecule is Cc1ncsc1-c1ccc(CNC(=O)[C@@H]2C[C@@H](O)CN2C(=O)[C@@H](NC(=O)CCCCCCCCCCC(=O)NCCCCC#Cc2cccc(-c3nn(-c4nc(C(=O)O)cs4)c(CC4CC4)c3Cc3ccc(S(C)(=O)=O)cc3)c2)C(C)(C)C)cc1. The van der Waals surface area contributed by atoms with Crippen LogP contribution in [0.4, 0.5) is 0 Å². The van der Waals surface area contributed by atoms with Crippen LogP contribution in [0.3, 0.4) is 0 Å². The first-order valence-corrected chi connectivity index (χ1v) is 33.4. The monoisotopic (exact) mass is 1210 g/mol. The first-order valence-electron chi connectivity index (χ1n) is 29.7. The molecule has 20 heteroatoms. The lowest BCUT2D eigenvalue weighted by Crippen LogP contribution is -2.57. The molecule has 3 aromatic heterocycles. The second-order valence-corrected chi connectivity index (χ2v) is 27.4. The Morgan fingerprint density at radius 2 is 1.51 bits per heavy atom. The molecule has 4 amide bonds. The molecule has 3 aromatic carbocycles. The Labute approximate surface area is 507 Å². The van der Waals surface area contributed by atoms with Gasteiger partial charge in [-0.1, -0.05) is 120 Å². The van der Waals surface area contributed by atoms with Crippen molar-refractivity contribution in [1.82, 2.24) is 40.6 Å². The van der Waals surface area contributed by atoms with Crippen LogP contribution in [0.2, 0.25) is 0 Å². The maximum atomic E-state index is 14.1. The van der Waals surface area contributed by atoms with E-state index in [2.05, 4.69) is 37.8 Å². The third kappa shape index (κ3) is 18.5. The number of carbonyl (C=O) groups excluding carboxylic acids is 4. The maximum absolute atomic E-state index is 14.1. The number of hydrogen-bond acceptors (Lipinski definition) is 13. The number of thiazole rings is 2. The van der Waals surface area contributed by atoms with Crippen LogP contribution in [-0.2, 0) is 48.4 Å². The molecule has 2 aliphatic rings. The fourth-order valence-corrected chi connectivity index (χ4v) is 12.8. The Hall–Kier alpha value is -7.05. The Kier molecular flexibility index (Phi) is 22.5. The first-order chi connectivity index (χ1) is 40.7. The van der Waals surface area contributed by atoms with Gasteiger partial charge in [0.2, 0.25) is 28.8 Å². The molecule has 4 heterocycles. The van der Waals surface area contributed by atoms with E-state index < -0.39 is 39.4 Å². The van der Waals surface area contributed by atoms with Crippen molar-refractivity contribution in [3.8, 4) is 38.7 Å². The van der Waals surface area contributed by atoms with Crippen LogP contribution in [0.1, 0.15) is 168 Å². The number of unbranched alkanes of at least 4 members (excludes halogenated alkanes) is 9. The van der Waals surface area contributed by atoms with E-state index in [0.29, 0.717) is 43.3 Å². The van der Waals surface area contributed by atoms with Crippen molar-refractivity contribution in [2.45, 2.75) is 173 Å². The Bertz CT molecular complexity index is 3460. The molecule has 1 saturated carbocycles. The average molecular weight is 1210 g/mol. The minimum Gasteiger partial charge on any atom is -0.476 e. The number of carbonyl (C=O) groups is 5. The molecule has 0 spiro atoms. The fourth-order valence-electron chi connectivity index (χ4n) is 10.6. The van der Waals surface area contributed by atoms with Crippen molar-refractivity contribution >= 4 is 62.1 Å². The number of aliphatic hydroxyl groups excluding tert-OH is 1. The van der Waals surface area contributed by atoms with E-state index in [1.54, 1.807) is 28.2 Å². The normalized spacial score (nSPS) is 15.5. The van der Waals surface area contributed by atoms with Crippen molar-refractivity contribution < 1.29 is 42.6 Å². The standard InChI is InChI=1S/C65H80N8O9S3/c1-43-59(84-42-68-43)48-30-26-47(27-31-48)39-67-61(77)55-38-50(74)40-72(55)62(78)60(65(2,3)4)70-57(76)23-16-11-9-7-6-8-10-15-22-56(75)66-34-17-13-12-14-19-44-20-18-21-49(35-44)58-52(36-45-28-32-51(33-29-45)85(5,81)82)54(37-46-24-25-46)73(71-58)64-69-53(41-83-64)63(79)80/h18,20-21,26-33,35,41-42,46,50,55,60,74H,6-13,15-17,22-25,34,36-40H2,1-5H3,(H,66,75)(H,67,77)(H,70,76)(H,79,80)/t50-,55+,60-/m1/s1. The Morgan fingerprint density at radius 1 is 0.824 bits per heavy atom. The van der Waals surface area contributed by atoms with Gasteiger partial charge in [0, 0.05) is 80.1 Å². The van der Waals surface area contributed by atoms with Gasteiger partial charge in [-0.25, -0.2) is 27.9 Å². The van der Waals surface area contributed by atoms with E-state index in [4.69, 9.17) is 5.10 Å². The zero-order valence-electron chi connectivity index (χ0n) is 49.5. The third-order valence-corrected chi connectivity index (χ3v) is 18.5. The number of amides is 4. The highest BCUT2D eigenvalue weighted by molar-refractivity contribution is 7.90. The molecule has 5 N–H and O–H groups in total. The molecule has 17 nitrogen and oxygen atoms in total. The number of nitrogens with one attached hydrogen (secondary N) is 3. The highest BCUT2D eigenvalue weighted by Crippen LogP contribution is 2.39. The average Bonchev–Trinajstić information content (AvgIpc) is 1.86. The summed E-state index contributed by atoms with van der Waals surface area (Å²) in [7, 11) is -3.37. The lowest BCUT2D eigenvalue weighted by atomic mass is 9.85. The van der Waals surface area contributed by atoms with Crippen molar-refractivity contribution in [2.75, 3.05) is 19.3 Å². The van der Waals surface area contributed by atoms with Crippen molar-refractivity contribution in [1.29, 1.82) is 0 Å². The number of hydrogen-bond donors (Lipinski definition) is 5. The highest BCUT2D eigenvalue weighted by atomic mass is 32.2. The third-order valence-electron chi connectivity index (χ3n) is 15.6. The predicted molar refractivity (Wildman–Crippen MR) is 332 cm³/mol. The molecule has 3 atom stereocenters. The molecule has 2 fully saturated rings. The van der Waals surface area contributed by atoms with E-state index >= 15 is 0 Å². The van der Waals surface area contributed by atoms with Gasteiger partial charge in [-0.15, -0.1) is 22.7 Å². The zero-order chi connectivity index (χ0) is 60.7. The largest absolute Gasteiger partial charge is 0.476 e. The predicted octanol–water partition coefficient (Wildman–Crippen LogP) is 10.4. The summed E-state index contributed by atoms with van der Waals surface area (Å²) >= 11 is 2.81. The molecule has 6 aromatic rings. The second-order valence-electron chi connectivity index (χ2n) is 23.7. The summed E-state index contributed by atoms with van der Waals surface area (Å²) in [4.78, 5) is 76.7. The summed E-state index contributed by atoms with van der Waals surface area (Å²) in [6.45, 7) is 8.51. The maximum Gasteiger partial charge on any atom is 0.355 e. The van der Waals surface area contributed by atoms with Gasteiger partial charge in [0.1, 0.15) is 12.1 Å².